The first-order chi connectivity index (χ1) is 7.92. The molecule has 1 N–H and O–H groups in total. The van der Waals surface area contributed by atoms with Gasteiger partial charge in [-0.2, -0.15) is 0 Å². The molecule has 0 saturated heterocycles. The van der Waals surface area contributed by atoms with Gasteiger partial charge in [0.2, 0.25) is 0 Å². The van der Waals surface area contributed by atoms with Gasteiger partial charge >= 0.3 is 0 Å². The van der Waals surface area contributed by atoms with Gasteiger partial charge in [-0.3, -0.25) is 0 Å². The molecule has 1 heteroatoms. The predicted octanol–water partition coefficient (Wildman–Crippen LogP) is 5.35. The minimum Gasteiger partial charge on any atom is -0.508 e. The van der Waals surface area contributed by atoms with Crippen LogP contribution in [0.2, 0.25) is 0 Å². The second kappa shape index (κ2) is 7.37. The lowest BCUT2D eigenvalue weighted by Crippen LogP contribution is -2.11. The van der Waals surface area contributed by atoms with Crippen LogP contribution in [0.15, 0.2) is 24.3 Å². The lowest BCUT2D eigenvalue weighted by Gasteiger charge is -2.25. The first-order valence-corrected chi connectivity index (χ1v) is 6.71. The predicted molar refractivity (Wildman–Crippen MR) is 76.6 cm³/mol. The molecular formula is C16H28O. The van der Waals surface area contributed by atoms with Gasteiger partial charge in [0.1, 0.15) is 5.75 Å². The second-order valence-corrected chi connectivity index (χ2v) is 5.46. The van der Waals surface area contributed by atoms with E-state index in [0.717, 1.165) is 6.42 Å². The van der Waals surface area contributed by atoms with Gasteiger partial charge in [0.15, 0.2) is 0 Å². The second-order valence-electron chi connectivity index (χ2n) is 5.46. The highest BCUT2D eigenvalue weighted by molar-refractivity contribution is 5.28. The van der Waals surface area contributed by atoms with Crippen LogP contribution in [-0.2, 0) is 0 Å². The smallest absolute Gasteiger partial charge is 0.115 e. The third-order valence-electron chi connectivity index (χ3n) is 2.72. The van der Waals surface area contributed by atoms with Crippen molar-refractivity contribution >= 4 is 0 Å². The quantitative estimate of drug-likeness (QED) is 0.750. The Bertz CT molecular complexity index is 292. The van der Waals surface area contributed by atoms with E-state index in [1.807, 2.05) is 26.0 Å². The van der Waals surface area contributed by atoms with E-state index in [0.29, 0.717) is 17.1 Å². The number of phenolic OH excluding ortho intramolecular Hbond substituents is 1. The van der Waals surface area contributed by atoms with E-state index >= 15 is 0 Å². The fourth-order valence-corrected chi connectivity index (χ4v) is 1.98. The summed E-state index contributed by atoms with van der Waals surface area (Å²) >= 11 is 0. The number of phenols is 1. The lowest BCUT2D eigenvalue weighted by atomic mass is 9.80. The van der Waals surface area contributed by atoms with E-state index in [4.69, 9.17) is 0 Å². The van der Waals surface area contributed by atoms with Crippen molar-refractivity contribution in [3.8, 4) is 5.75 Å². The molecule has 0 heterocycles. The molecule has 98 valence electrons. The molecule has 0 saturated carbocycles. The highest BCUT2D eigenvalue weighted by atomic mass is 16.3. The number of hydrogen-bond donors (Lipinski definition) is 1. The summed E-state index contributed by atoms with van der Waals surface area (Å²) < 4.78 is 0. The molecule has 1 nitrogen and oxygen atoms in total. The lowest BCUT2D eigenvalue weighted by molar-refractivity contribution is 0.335. The molecule has 0 spiro atoms. The molecule has 1 rings (SSSR count). The fraction of sp³-hybridized carbons (Fsp3) is 0.625. The number of rotatable bonds is 3. The van der Waals surface area contributed by atoms with Crippen LogP contribution in [0.3, 0.4) is 0 Å². The third kappa shape index (κ3) is 6.35. The van der Waals surface area contributed by atoms with Gasteiger partial charge in [0.25, 0.3) is 0 Å². The van der Waals surface area contributed by atoms with Gasteiger partial charge in [0, 0.05) is 0 Å². The van der Waals surface area contributed by atoms with Crippen LogP contribution < -0.4 is 0 Å². The van der Waals surface area contributed by atoms with E-state index in [9.17, 15) is 5.11 Å². The maximum atomic E-state index is 9.24. The van der Waals surface area contributed by atoms with Gasteiger partial charge in [-0.1, -0.05) is 53.7 Å². The highest BCUT2D eigenvalue weighted by Crippen LogP contribution is 2.33. The van der Waals surface area contributed by atoms with E-state index in [-0.39, 0.29) is 0 Å². The molecule has 0 aliphatic carbocycles. The minimum atomic E-state index is 0.351. The van der Waals surface area contributed by atoms with Crippen molar-refractivity contribution in [2.45, 2.75) is 60.3 Å². The van der Waals surface area contributed by atoms with Crippen LogP contribution >= 0.6 is 0 Å². The SMILES string of the molecule is CC.CCC(CC(C)(C)C)c1ccc(O)cc1. The Morgan fingerprint density at radius 1 is 1.06 bits per heavy atom. The zero-order chi connectivity index (χ0) is 13.5. The van der Waals surface area contributed by atoms with Crippen molar-refractivity contribution in [1.29, 1.82) is 0 Å². The summed E-state index contributed by atoms with van der Waals surface area (Å²) in [5.41, 5.74) is 1.70. The topological polar surface area (TPSA) is 20.2 Å². The Labute approximate surface area is 107 Å². The zero-order valence-corrected chi connectivity index (χ0v) is 12.2. The third-order valence-corrected chi connectivity index (χ3v) is 2.72. The summed E-state index contributed by atoms with van der Waals surface area (Å²) in [5.74, 6) is 0.954. The zero-order valence-electron chi connectivity index (χ0n) is 12.2. The molecule has 1 aromatic rings. The summed E-state index contributed by atoms with van der Waals surface area (Å²) in [6, 6.07) is 7.63. The maximum absolute atomic E-state index is 9.24. The summed E-state index contributed by atoms with van der Waals surface area (Å²) in [7, 11) is 0. The van der Waals surface area contributed by atoms with Gasteiger partial charge < -0.3 is 5.11 Å². The van der Waals surface area contributed by atoms with Crippen molar-refractivity contribution in [3.05, 3.63) is 29.8 Å². The van der Waals surface area contributed by atoms with Gasteiger partial charge in [-0.05, 0) is 41.9 Å². The van der Waals surface area contributed by atoms with Gasteiger partial charge in [-0.25, -0.2) is 0 Å². The first kappa shape index (κ1) is 16.0. The summed E-state index contributed by atoms with van der Waals surface area (Å²) in [6.45, 7) is 13.0. The van der Waals surface area contributed by atoms with Crippen LogP contribution in [0.5, 0.6) is 5.75 Å². The van der Waals surface area contributed by atoms with Crippen molar-refractivity contribution in [3.63, 3.8) is 0 Å². The molecule has 0 fully saturated rings. The summed E-state index contributed by atoms with van der Waals surface area (Å²) in [4.78, 5) is 0. The number of hydrogen-bond acceptors (Lipinski definition) is 1. The van der Waals surface area contributed by atoms with Crippen LogP contribution in [0.1, 0.15) is 65.9 Å². The first-order valence-electron chi connectivity index (χ1n) is 6.71. The Balaban J connectivity index is 0.00000121. The van der Waals surface area contributed by atoms with E-state index in [2.05, 4.69) is 27.7 Å². The van der Waals surface area contributed by atoms with Crippen LogP contribution in [0, 0.1) is 5.41 Å². The van der Waals surface area contributed by atoms with Crippen LogP contribution in [0.25, 0.3) is 0 Å². The Hall–Kier alpha value is -0.980. The summed E-state index contributed by atoms with van der Waals surface area (Å²) in [6.07, 6.45) is 2.34. The molecule has 17 heavy (non-hydrogen) atoms. The highest BCUT2D eigenvalue weighted by Gasteiger charge is 2.18. The maximum Gasteiger partial charge on any atom is 0.115 e. The van der Waals surface area contributed by atoms with Gasteiger partial charge in [-0.15, -0.1) is 0 Å². The average Bonchev–Trinajstić information content (AvgIpc) is 2.29. The molecule has 1 atom stereocenters. The minimum absolute atomic E-state index is 0.351. The Morgan fingerprint density at radius 3 is 1.88 bits per heavy atom. The van der Waals surface area contributed by atoms with Crippen molar-refractivity contribution in [2.24, 2.45) is 5.41 Å². The van der Waals surface area contributed by atoms with Crippen molar-refractivity contribution < 1.29 is 5.11 Å². The molecule has 1 aromatic carbocycles. The molecule has 0 aliphatic rings. The Kier molecular flexibility index (Phi) is 6.94. The van der Waals surface area contributed by atoms with Crippen LogP contribution in [0.4, 0.5) is 0 Å². The van der Waals surface area contributed by atoms with E-state index < -0.39 is 0 Å². The molecule has 0 bridgehead atoms. The molecule has 0 radical (unpaired) electrons. The number of benzene rings is 1. The van der Waals surface area contributed by atoms with E-state index in [1.54, 1.807) is 12.1 Å². The molecule has 0 amide bonds. The molecule has 0 aromatic heterocycles. The van der Waals surface area contributed by atoms with Gasteiger partial charge in [0.05, 0.1) is 0 Å². The monoisotopic (exact) mass is 236 g/mol. The normalized spacial score (nSPS) is 12.6. The van der Waals surface area contributed by atoms with Crippen molar-refractivity contribution in [1.82, 2.24) is 0 Å². The Morgan fingerprint density at radius 2 is 1.53 bits per heavy atom. The van der Waals surface area contributed by atoms with Crippen LogP contribution in [-0.4, -0.2) is 5.11 Å². The largest absolute Gasteiger partial charge is 0.508 e. The standard InChI is InChI=1S/C14H22O.C2H6/c1-5-11(10-14(2,3)4)12-6-8-13(15)9-7-12;1-2/h6-9,11,15H,5,10H2,1-4H3;1-2H3. The number of aromatic hydroxyl groups is 1. The average molecular weight is 236 g/mol. The van der Waals surface area contributed by atoms with Crippen molar-refractivity contribution in [2.75, 3.05) is 0 Å². The molecule has 0 aliphatic heterocycles. The fourth-order valence-electron chi connectivity index (χ4n) is 1.98. The van der Waals surface area contributed by atoms with E-state index in [1.165, 1.54) is 12.0 Å². The summed E-state index contributed by atoms with van der Waals surface area (Å²) in [5, 5.41) is 9.24. The molecular weight excluding hydrogens is 208 g/mol. The molecule has 1 unspecified atom stereocenters.